The van der Waals surface area contributed by atoms with E-state index in [-0.39, 0.29) is 23.6 Å². The molecule has 0 spiro atoms. The standard InChI is InChI=1S/C17H31N5O2/c1-17(19-9-15(23)22-6-4-5-14(22)18)7-12-10-21(11-13(12)8-17)16(24)20(2)3/h12-14,19H,4-11,18H2,1-3H3/t12-,13+,14?,17-. The van der Waals surface area contributed by atoms with Crippen LogP contribution in [0.5, 0.6) is 0 Å². The van der Waals surface area contributed by atoms with Gasteiger partial charge in [0.25, 0.3) is 0 Å². The quantitative estimate of drug-likeness (QED) is 0.774. The maximum Gasteiger partial charge on any atom is 0.319 e. The predicted octanol–water partition coefficient (Wildman–Crippen LogP) is 0.265. The maximum atomic E-state index is 12.3. The summed E-state index contributed by atoms with van der Waals surface area (Å²) in [6, 6.07) is 0.109. The molecule has 0 aromatic rings. The zero-order valence-corrected chi connectivity index (χ0v) is 15.1. The highest BCUT2D eigenvalue weighted by Crippen LogP contribution is 2.43. The lowest BCUT2D eigenvalue weighted by molar-refractivity contribution is -0.131. The Balaban J connectivity index is 1.49. The summed E-state index contributed by atoms with van der Waals surface area (Å²) < 4.78 is 0. The summed E-state index contributed by atoms with van der Waals surface area (Å²) in [5, 5.41) is 3.49. The average Bonchev–Trinajstić information content (AvgIpc) is 3.17. The monoisotopic (exact) mass is 337 g/mol. The van der Waals surface area contributed by atoms with Crippen LogP contribution in [0.4, 0.5) is 4.79 Å². The Morgan fingerprint density at radius 2 is 1.88 bits per heavy atom. The highest BCUT2D eigenvalue weighted by molar-refractivity contribution is 5.79. The number of rotatable bonds is 3. The minimum atomic E-state index is -0.110. The van der Waals surface area contributed by atoms with E-state index in [1.165, 1.54) is 0 Å². The summed E-state index contributed by atoms with van der Waals surface area (Å²) >= 11 is 0. The molecule has 1 saturated carbocycles. The van der Waals surface area contributed by atoms with Crippen molar-refractivity contribution < 1.29 is 9.59 Å². The second-order valence-corrected chi connectivity index (χ2v) is 8.22. The van der Waals surface area contributed by atoms with Crippen molar-refractivity contribution in [1.82, 2.24) is 20.0 Å². The first-order chi connectivity index (χ1) is 11.3. The molecule has 2 saturated heterocycles. The van der Waals surface area contributed by atoms with Crippen molar-refractivity contribution in [2.45, 2.75) is 44.3 Å². The van der Waals surface area contributed by atoms with E-state index in [2.05, 4.69) is 12.2 Å². The Hall–Kier alpha value is -1.34. The Labute approximate surface area is 144 Å². The van der Waals surface area contributed by atoms with Gasteiger partial charge >= 0.3 is 6.03 Å². The van der Waals surface area contributed by atoms with Crippen molar-refractivity contribution in [3.63, 3.8) is 0 Å². The summed E-state index contributed by atoms with van der Waals surface area (Å²) in [6.45, 7) is 5.03. The molecule has 4 atom stereocenters. The number of hydrogen-bond acceptors (Lipinski definition) is 4. The van der Waals surface area contributed by atoms with Crippen LogP contribution in [0.25, 0.3) is 0 Å². The Bertz CT molecular complexity index is 495. The van der Waals surface area contributed by atoms with Crippen molar-refractivity contribution in [3.8, 4) is 0 Å². The molecule has 3 fully saturated rings. The summed E-state index contributed by atoms with van der Waals surface area (Å²) in [5.74, 6) is 1.19. The SMILES string of the molecule is CN(C)C(=O)N1C[C@@H]2C[C@](C)(NCC(=O)N3CCCC3N)C[C@@H]2C1. The fourth-order valence-electron chi connectivity index (χ4n) is 4.72. The minimum absolute atomic E-state index is 0.0118. The molecule has 136 valence electrons. The van der Waals surface area contributed by atoms with E-state index in [0.717, 1.165) is 45.3 Å². The fraction of sp³-hybridized carbons (Fsp3) is 0.882. The van der Waals surface area contributed by atoms with Gasteiger partial charge in [0.2, 0.25) is 5.91 Å². The molecule has 2 aliphatic heterocycles. The molecule has 24 heavy (non-hydrogen) atoms. The van der Waals surface area contributed by atoms with Crippen LogP contribution >= 0.6 is 0 Å². The Morgan fingerprint density at radius 1 is 1.25 bits per heavy atom. The van der Waals surface area contributed by atoms with Crippen molar-refractivity contribution in [3.05, 3.63) is 0 Å². The molecule has 2 heterocycles. The van der Waals surface area contributed by atoms with E-state index in [0.29, 0.717) is 18.4 Å². The summed E-state index contributed by atoms with van der Waals surface area (Å²) in [4.78, 5) is 29.9. The highest BCUT2D eigenvalue weighted by Gasteiger charge is 2.48. The van der Waals surface area contributed by atoms with Crippen LogP contribution in [0.1, 0.15) is 32.6 Å². The second-order valence-electron chi connectivity index (χ2n) is 8.22. The van der Waals surface area contributed by atoms with Crippen LogP contribution in [-0.2, 0) is 4.79 Å². The van der Waals surface area contributed by atoms with Gasteiger partial charge in [-0.25, -0.2) is 4.79 Å². The number of nitrogens with zero attached hydrogens (tertiary/aromatic N) is 3. The van der Waals surface area contributed by atoms with Crippen molar-refractivity contribution in [1.29, 1.82) is 0 Å². The molecule has 7 heteroatoms. The van der Waals surface area contributed by atoms with E-state index >= 15 is 0 Å². The molecule has 0 bridgehead atoms. The predicted molar refractivity (Wildman–Crippen MR) is 92.2 cm³/mol. The fourth-order valence-corrected chi connectivity index (χ4v) is 4.72. The molecule has 0 aromatic heterocycles. The topological polar surface area (TPSA) is 81.9 Å². The number of carbonyl (C=O) groups is 2. The zero-order chi connectivity index (χ0) is 17.5. The average molecular weight is 337 g/mol. The van der Waals surface area contributed by atoms with E-state index in [1.54, 1.807) is 23.9 Å². The number of urea groups is 1. The van der Waals surface area contributed by atoms with Gasteiger partial charge < -0.3 is 25.8 Å². The van der Waals surface area contributed by atoms with E-state index in [4.69, 9.17) is 5.73 Å². The molecular weight excluding hydrogens is 306 g/mol. The molecule has 3 N–H and O–H groups in total. The third-order valence-electron chi connectivity index (χ3n) is 5.94. The molecule has 0 aromatic carbocycles. The van der Waals surface area contributed by atoms with Crippen LogP contribution < -0.4 is 11.1 Å². The summed E-state index contributed by atoms with van der Waals surface area (Å²) in [7, 11) is 3.60. The number of hydrogen-bond donors (Lipinski definition) is 2. The van der Waals surface area contributed by atoms with Crippen LogP contribution in [0.2, 0.25) is 0 Å². The molecule has 3 rings (SSSR count). The van der Waals surface area contributed by atoms with Gasteiger partial charge in [-0.2, -0.15) is 0 Å². The highest BCUT2D eigenvalue weighted by atomic mass is 16.2. The summed E-state index contributed by atoms with van der Waals surface area (Å²) in [6.07, 6.45) is 3.84. The first-order valence-corrected chi connectivity index (χ1v) is 9.05. The number of nitrogens with one attached hydrogen (secondary N) is 1. The van der Waals surface area contributed by atoms with Gasteiger partial charge in [0, 0.05) is 39.3 Å². The van der Waals surface area contributed by atoms with Crippen molar-refractivity contribution in [2.75, 3.05) is 40.3 Å². The van der Waals surface area contributed by atoms with Gasteiger partial charge in [-0.05, 0) is 44.4 Å². The molecule has 7 nitrogen and oxygen atoms in total. The lowest BCUT2D eigenvalue weighted by Crippen LogP contribution is -2.50. The first-order valence-electron chi connectivity index (χ1n) is 9.05. The Morgan fingerprint density at radius 3 is 2.38 bits per heavy atom. The maximum absolute atomic E-state index is 12.3. The van der Waals surface area contributed by atoms with E-state index in [9.17, 15) is 9.59 Å². The molecule has 1 aliphatic carbocycles. The van der Waals surface area contributed by atoms with Gasteiger partial charge in [-0.15, -0.1) is 0 Å². The third-order valence-corrected chi connectivity index (χ3v) is 5.94. The minimum Gasteiger partial charge on any atom is -0.331 e. The Kier molecular flexibility index (Phi) is 4.75. The molecule has 3 amide bonds. The van der Waals surface area contributed by atoms with E-state index in [1.807, 2.05) is 4.90 Å². The van der Waals surface area contributed by atoms with Gasteiger partial charge in [0.05, 0.1) is 12.7 Å². The molecular formula is C17H31N5O2. The van der Waals surface area contributed by atoms with Crippen molar-refractivity contribution >= 4 is 11.9 Å². The van der Waals surface area contributed by atoms with Gasteiger partial charge in [0.1, 0.15) is 0 Å². The van der Waals surface area contributed by atoms with Gasteiger partial charge in [-0.3, -0.25) is 4.79 Å². The van der Waals surface area contributed by atoms with Crippen LogP contribution in [0, 0.1) is 11.8 Å². The second kappa shape index (κ2) is 6.52. The molecule has 3 aliphatic rings. The lowest BCUT2D eigenvalue weighted by atomic mass is 9.98. The number of carbonyl (C=O) groups excluding carboxylic acids is 2. The van der Waals surface area contributed by atoms with E-state index < -0.39 is 0 Å². The van der Waals surface area contributed by atoms with Gasteiger partial charge in [-0.1, -0.05) is 0 Å². The van der Waals surface area contributed by atoms with Gasteiger partial charge in [0.15, 0.2) is 0 Å². The number of amides is 3. The lowest BCUT2D eigenvalue weighted by Gasteiger charge is -2.30. The molecule has 1 unspecified atom stereocenters. The molecule has 0 radical (unpaired) electrons. The van der Waals surface area contributed by atoms with Crippen LogP contribution in [0.3, 0.4) is 0 Å². The van der Waals surface area contributed by atoms with Crippen LogP contribution in [0.15, 0.2) is 0 Å². The van der Waals surface area contributed by atoms with Crippen molar-refractivity contribution in [2.24, 2.45) is 17.6 Å². The number of likely N-dealkylation sites (tertiary alicyclic amines) is 2. The smallest absolute Gasteiger partial charge is 0.319 e. The zero-order valence-electron chi connectivity index (χ0n) is 15.1. The normalized spacial score (nSPS) is 35.4. The third kappa shape index (κ3) is 3.37. The summed E-state index contributed by atoms with van der Waals surface area (Å²) in [5.41, 5.74) is 5.96. The number of nitrogens with two attached hydrogens (primary N) is 1. The largest absolute Gasteiger partial charge is 0.331 e. The number of fused-ring (bicyclic) bond motifs is 1. The first kappa shape index (κ1) is 17.5. The van der Waals surface area contributed by atoms with Crippen LogP contribution in [-0.4, -0.2) is 78.6 Å².